The van der Waals surface area contributed by atoms with E-state index >= 15 is 0 Å². The highest BCUT2D eigenvalue weighted by molar-refractivity contribution is 6.05. The Kier molecular flexibility index (Phi) is 7.88. The van der Waals surface area contributed by atoms with E-state index in [0.717, 1.165) is 44.5 Å². The Balaban J connectivity index is 2.02. The van der Waals surface area contributed by atoms with Gasteiger partial charge in [0.05, 0.1) is 11.6 Å². The quantitative estimate of drug-likeness (QED) is 0.528. The molecule has 1 aromatic rings. The molecule has 0 fully saturated rings. The average Bonchev–Trinajstić information content (AvgIpc) is 2.91. The summed E-state index contributed by atoms with van der Waals surface area (Å²) < 4.78 is 38.3. The molecule has 28 heavy (non-hydrogen) atoms. The first-order chi connectivity index (χ1) is 13.3. The maximum Gasteiger partial charge on any atom is 0.416 e. The molecule has 0 spiro atoms. The number of unbranched alkanes of at least 4 members (excludes halogenated alkanes) is 1. The third kappa shape index (κ3) is 5.26. The molecule has 4 N–H and O–H groups in total. The third-order valence-electron chi connectivity index (χ3n) is 4.90. The largest absolute Gasteiger partial charge is 0.503 e. The number of aliphatic hydroxyl groups is 1. The van der Waals surface area contributed by atoms with Crippen molar-refractivity contribution in [3.8, 4) is 0 Å². The van der Waals surface area contributed by atoms with Crippen molar-refractivity contribution < 1.29 is 23.1 Å². The molecule has 0 radical (unpaired) electrons. The first-order valence-electron chi connectivity index (χ1n) is 9.63. The highest BCUT2D eigenvalue weighted by Crippen LogP contribution is 2.36. The molecule has 5 nitrogen and oxygen atoms in total. The molecule has 1 heterocycles. The van der Waals surface area contributed by atoms with Gasteiger partial charge in [-0.2, -0.15) is 13.2 Å². The second-order valence-electron chi connectivity index (χ2n) is 6.86. The lowest BCUT2D eigenvalue weighted by molar-refractivity contribution is -0.137. The number of rotatable bonds is 10. The molecule has 1 aromatic carbocycles. The average molecular weight is 399 g/mol. The molecule has 1 unspecified atom stereocenters. The number of nitrogens with one attached hydrogen (secondary N) is 1. The molecular formula is C20H28F3N3O2. The van der Waals surface area contributed by atoms with E-state index in [1.165, 1.54) is 12.1 Å². The van der Waals surface area contributed by atoms with Crippen molar-refractivity contribution in [2.24, 2.45) is 5.73 Å². The van der Waals surface area contributed by atoms with Gasteiger partial charge >= 0.3 is 6.18 Å². The van der Waals surface area contributed by atoms with Gasteiger partial charge in [0.15, 0.2) is 5.76 Å². The summed E-state index contributed by atoms with van der Waals surface area (Å²) in [5.41, 5.74) is 5.53. The van der Waals surface area contributed by atoms with Gasteiger partial charge in [-0.05, 0) is 63.0 Å². The maximum absolute atomic E-state index is 12.8. The van der Waals surface area contributed by atoms with Crippen molar-refractivity contribution in [3.63, 3.8) is 0 Å². The van der Waals surface area contributed by atoms with E-state index in [1.807, 2.05) is 6.92 Å². The number of amides is 1. The van der Waals surface area contributed by atoms with Gasteiger partial charge in [-0.1, -0.05) is 19.1 Å². The van der Waals surface area contributed by atoms with Crippen molar-refractivity contribution in [2.45, 2.75) is 44.8 Å². The van der Waals surface area contributed by atoms with Crippen molar-refractivity contribution in [1.82, 2.24) is 10.2 Å². The smallest absolute Gasteiger partial charge is 0.416 e. The molecule has 156 valence electrons. The minimum atomic E-state index is -4.42. The fraction of sp³-hybridized carbons (Fsp3) is 0.550. The first kappa shape index (κ1) is 22.2. The lowest BCUT2D eigenvalue weighted by Gasteiger charge is -2.26. The molecule has 2 rings (SSSR count). The van der Waals surface area contributed by atoms with E-state index in [4.69, 9.17) is 5.73 Å². The highest BCUT2D eigenvalue weighted by Gasteiger charge is 2.39. The van der Waals surface area contributed by atoms with Crippen LogP contribution in [-0.4, -0.2) is 48.1 Å². The second-order valence-corrected chi connectivity index (χ2v) is 6.86. The Hall–Kier alpha value is -2.06. The van der Waals surface area contributed by atoms with E-state index in [0.29, 0.717) is 30.6 Å². The van der Waals surface area contributed by atoms with Crippen LogP contribution in [0, 0.1) is 0 Å². The van der Waals surface area contributed by atoms with Crippen LogP contribution < -0.4 is 11.1 Å². The number of carbonyl (C=O) groups excluding carboxylic acids is 1. The van der Waals surface area contributed by atoms with Crippen LogP contribution in [0.3, 0.4) is 0 Å². The Morgan fingerprint density at radius 3 is 2.36 bits per heavy atom. The number of halogens is 3. The first-order valence-corrected chi connectivity index (χ1v) is 9.63. The van der Waals surface area contributed by atoms with Crippen molar-refractivity contribution in [2.75, 3.05) is 26.2 Å². The lowest BCUT2D eigenvalue weighted by atomic mass is 9.96. The zero-order chi connectivity index (χ0) is 20.7. The molecule has 8 heteroatoms. The van der Waals surface area contributed by atoms with E-state index in [1.54, 1.807) is 4.90 Å². The molecular weight excluding hydrogens is 371 g/mol. The molecule has 0 saturated carbocycles. The number of hydrogen-bond acceptors (Lipinski definition) is 4. The number of alkyl halides is 3. The summed E-state index contributed by atoms with van der Waals surface area (Å²) in [6.07, 6.45) is -1.18. The number of nitrogens with zero attached hydrogens (tertiary/aromatic N) is 1. The van der Waals surface area contributed by atoms with Crippen molar-refractivity contribution in [3.05, 3.63) is 41.2 Å². The topological polar surface area (TPSA) is 78.6 Å². The molecule has 1 aliphatic rings. The molecule has 0 bridgehead atoms. The van der Waals surface area contributed by atoms with Crippen molar-refractivity contribution in [1.29, 1.82) is 0 Å². The van der Waals surface area contributed by atoms with Crippen LogP contribution in [0.1, 0.15) is 43.7 Å². The van der Waals surface area contributed by atoms with Crippen LogP contribution in [0.2, 0.25) is 0 Å². The van der Waals surface area contributed by atoms with Crippen LogP contribution in [-0.2, 0) is 11.0 Å². The highest BCUT2D eigenvalue weighted by atomic mass is 19.4. The summed E-state index contributed by atoms with van der Waals surface area (Å²) in [5, 5.41) is 13.6. The summed E-state index contributed by atoms with van der Waals surface area (Å²) in [4.78, 5) is 14.1. The van der Waals surface area contributed by atoms with Crippen molar-refractivity contribution >= 4 is 11.5 Å². The predicted molar refractivity (Wildman–Crippen MR) is 103 cm³/mol. The molecule has 0 saturated heterocycles. The minimum absolute atomic E-state index is 0.346. The van der Waals surface area contributed by atoms with Gasteiger partial charge in [-0.15, -0.1) is 0 Å². The Morgan fingerprint density at radius 1 is 1.14 bits per heavy atom. The van der Waals surface area contributed by atoms with E-state index in [2.05, 4.69) is 5.32 Å². The molecule has 0 aliphatic carbocycles. The predicted octanol–water partition coefficient (Wildman–Crippen LogP) is 3.31. The zero-order valence-corrected chi connectivity index (χ0v) is 16.1. The Morgan fingerprint density at radius 2 is 1.79 bits per heavy atom. The van der Waals surface area contributed by atoms with Gasteiger partial charge in [0.2, 0.25) is 0 Å². The summed E-state index contributed by atoms with van der Waals surface area (Å²) in [6, 6.07) is 4.22. The number of hydrogen-bond donors (Lipinski definition) is 3. The minimum Gasteiger partial charge on any atom is -0.503 e. The third-order valence-corrected chi connectivity index (χ3v) is 4.90. The summed E-state index contributed by atoms with van der Waals surface area (Å²) in [7, 11) is 0. The van der Waals surface area contributed by atoms with Gasteiger partial charge in [-0.25, -0.2) is 0 Å². The maximum atomic E-state index is 12.8. The molecule has 1 atom stereocenters. The summed E-state index contributed by atoms with van der Waals surface area (Å²) >= 11 is 0. The summed E-state index contributed by atoms with van der Waals surface area (Å²) in [5.74, 6) is -0.840. The standard InChI is InChI=1S/C20H28F3N3O2/c1-2-16-17(14-6-8-15(9-7-14)20(21,22)23)18(27)19(28)26(16)13-5-12-25-11-4-3-10-24/h6-9,16,25,27H,2-5,10-13,24H2,1H3. The van der Waals surface area contributed by atoms with Crippen LogP contribution in [0.5, 0.6) is 0 Å². The number of aliphatic hydroxyl groups excluding tert-OH is 1. The summed E-state index contributed by atoms with van der Waals surface area (Å²) in [6.45, 7) is 4.62. The zero-order valence-electron chi connectivity index (χ0n) is 16.1. The van der Waals surface area contributed by atoms with Gasteiger partial charge in [0.1, 0.15) is 0 Å². The molecule has 1 aliphatic heterocycles. The number of carbonyl (C=O) groups is 1. The van der Waals surface area contributed by atoms with Gasteiger partial charge in [0, 0.05) is 12.1 Å². The monoisotopic (exact) mass is 399 g/mol. The number of nitrogens with two attached hydrogens (primary N) is 1. The van der Waals surface area contributed by atoms with Crippen LogP contribution in [0.25, 0.3) is 5.57 Å². The van der Waals surface area contributed by atoms with Crippen LogP contribution in [0.4, 0.5) is 13.2 Å². The second kappa shape index (κ2) is 9.93. The van der Waals surface area contributed by atoms with Gasteiger partial charge in [-0.3, -0.25) is 4.79 Å². The molecule has 0 aromatic heterocycles. The van der Waals surface area contributed by atoms with E-state index < -0.39 is 17.6 Å². The van der Waals surface area contributed by atoms with Gasteiger partial charge < -0.3 is 21.1 Å². The fourth-order valence-electron chi connectivity index (χ4n) is 3.45. The van der Waals surface area contributed by atoms with Gasteiger partial charge in [0.25, 0.3) is 5.91 Å². The van der Waals surface area contributed by atoms with E-state index in [9.17, 15) is 23.1 Å². The van der Waals surface area contributed by atoms with Crippen LogP contribution in [0.15, 0.2) is 30.0 Å². The van der Waals surface area contributed by atoms with E-state index in [-0.39, 0.29) is 11.8 Å². The molecule has 1 amide bonds. The normalized spacial score (nSPS) is 17.7. The van der Waals surface area contributed by atoms with Crippen LogP contribution >= 0.6 is 0 Å². The Bertz CT molecular complexity index is 687. The lowest BCUT2D eigenvalue weighted by Crippen LogP contribution is -2.37. The Labute approximate surface area is 163 Å². The number of benzene rings is 1. The fourth-order valence-corrected chi connectivity index (χ4v) is 3.45. The SMILES string of the molecule is CCC1C(c2ccc(C(F)(F)F)cc2)=C(O)C(=O)N1CCCNCCCCN.